The summed E-state index contributed by atoms with van der Waals surface area (Å²) in [7, 11) is 0. The maximum atomic E-state index is 9.88. The molecule has 4 heavy (non-hydrogen) atoms. The molecule has 26 valence electrons. The SMILES string of the molecule is [F][SnH]([F])[F]. The first kappa shape index (κ1) is 4.59. The first-order valence-corrected chi connectivity index (χ1v) is 4.39. The second kappa shape index (κ2) is 1.87. The Morgan fingerprint density at radius 2 is 1.00 bits per heavy atom. The molecule has 0 aliphatic carbocycles. The molecule has 0 aromatic heterocycles. The van der Waals surface area contributed by atoms with Crippen molar-refractivity contribution in [1.29, 1.82) is 0 Å². The van der Waals surface area contributed by atoms with Crippen LogP contribution in [0.3, 0.4) is 0 Å². The summed E-state index contributed by atoms with van der Waals surface area (Å²) in [5, 5.41) is 0. The van der Waals surface area contributed by atoms with E-state index in [0.29, 0.717) is 0 Å². The van der Waals surface area contributed by atoms with Crippen LogP contribution in [0.4, 0.5) is 8.60 Å². The predicted molar refractivity (Wildman–Crippen MR) is 10.5 cm³/mol. The monoisotopic (exact) mass is 178 g/mol. The van der Waals surface area contributed by atoms with Crippen molar-refractivity contribution in [3.63, 3.8) is 0 Å². The Hall–Kier alpha value is 0.589. The van der Waals surface area contributed by atoms with Crippen LogP contribution in [-0.2, 0) is 0 Å². The molecule has 0 radical (unpaired) electrons. The van der Waals surface area contributed by atoms with Crippen molar-refractivity contribution in [1.82, 2.24) is 0 Å². The second-order valence-electron chi connectivity index (χ2n) is 0.247. The summed E-state index contributed by atoms with van der Waals surface area (Å²) < 4.78 is 29.6. The van der Waals surface area contributed by atoms with Crippen LogP contribution in [0.5, 0.6) is 0 Å². The molecule has 0 N–H and O–H groups in total. The molecule has 4 heteroatoms. The van der Waals surface area contributed by atoms with Crippen molar-refractivity contribution < 1.29 is 8.60 Å². The summed E-state index contributed by atoms with van der Waals surface area (Å²) in [5.41, 5.74) is 0. The fourth-order valence-electron chi connectivity index (χ4n) is 0. The molecular weight excluding hydrogens is 176 g/mol. The van der Waals surface area contributed by atoms with Gasteiger partial charge in [-0.3, -0.25) is 0 Å². The molecule has 0 rings (SSSR count). The standard InChI is InChI=1S/3FH.Sn.H/h3*1H;;/q;;;+3;/p-3. The van der Waals surface area contributed by atoms with Crippen LogP contribution in [-0.4, -0.2) is 21.5 Å². The molecule has 0 aliphatic rings. The van der Waals surface area contributed by atoms with Gasteiger partial charge in [-0.25, -0.2) is 0 Å². The average molecular weight is 177 g/mol. The third kappa shape index (κ3) is 18.9. The van der Waals surface area contributed by atoms with Gasteiger partial charge in [0.05, 0.1) is 0 Å². The zero-order valence-corrected chi connectivity index (χ0v) is 5.01. The van der Waals surface area contributed by atoms with Crippen molar-refractivity contribution in [2.75, 3.05) is 0 Å². The van der Waals surface area contributed by atoms with Gasteiger partial charge in [0.25, 0.3) is 0 Å². The van der Waals surface area contributed by atoms with Gasteiger partial charge >= 0.3 is 30.1 Å². The van der Waals surface area contributed by atoms with Crippen LogP contribution in [0.15, 0.2) is 0 Å². The molecule has 0 aromatic carbocycles. The molecule has 0 heterocycles. The van der Waals surface area contributed by atoms with Crippen molar-refractivity contribution in [2.24, 2.45) is 0 Å². The van der Waals surface area contributed by atoms with E-state index in [0.717, 1.165) is 0 Å². The minimum atomic E-state index is -5.14. The first-order chi connectivity index (χ1) is 1.73. The van der Waals surface area contributed by atoms with Gasteiger partial charge in [0.2, 0.25) is 0 Å². The summed E-state index contributed by atoms with van der Waals surface area (Å²) in [5.74, 6) is 0. The van der Waals surface area contributed by atoms with E-state index in [-0.39, 0.29) is 0 Å². The zero-order valence-electron chi connectivity index (χ0n) is 1.71. The molecule has 0 nitrogen and oxygen atoms in total. The Morgan fingerprint density at radius 1 is 1.00 bits per heavy atom. The van der Waals surface area contributed by atoms with Gasteiger partial charge in [0.1, 0.15) is 0 Å². The first-order valence-electron chi connectivity index (χ1n) is 0.655. The van der Waals surface area contributed by atoms with Gasteiger partial charge in [-0.2, -0.15) is 0 Å². The molecule has 0 spiro atoms. The Morgan fingerprint density at radius 3 is 1.00 bits per heavy atom. The fourth-order valence-corrected chi connectivity index (χ4v) is 0. The van der Waals surface area contributed by atoms with Crippen LogP contribution in [0.1, 0.15) is 0 Å². The third-order valence-corrected chi connectivity index (χ3v) is 0. The number of hydrogen-bond acceptors (Lipinski definition) is 0. The quantitative estimate of drug-likeness (QED) is 0.475. The Balaban J connectivity index is 2.32. The van der Waals surface area contributed by atoms with Gasteiger partial charge in [0.15, 0.2) is 0 Å². The van der Waals surface area contributed by atoms with Gasteiger partial charge < -0.3 is 0 Å². The summed E-state index contributed by atoms with van der Waals surface area (Å²) in [6, 6.07) is 0. The molecular formula is HF3Sn. The van der Waals surface area contributed by atoms with Gasteiger partial charge in [-0.1, -0.05) is 0 Å². The number of rotatable bonds is 0. The van der Waals surface area contributed by atoms with E-state index in [1.165, 1.54) is 0 Å². The van der Waals surface area contributed by atoms with Crippen molar-refractivity contribution >= 4 is 21.5 Å². The van der Waals surface area contributed by atoms with Gasteiger partial charge in [-0.05, 0) is 0 Å². The van der Waals surface area contributed by atoms with Crippen LogP contribution >= 0.6 is 0 Å². The Bertz CT molecular complexity index is 8.00. The van der Waals surface area contributed by atoms with Crippen molar-refractivity contribution in [3.8, 4) is 0 Å². The third-order valence-electron chi connectivity index (χ3n) is 0. The predicted octanol–water partition coefficient (Wildman–Crippen LogP) is 0.612. The molecule has 0 saturated carbocycles. The number of halogens is 3. The molecule has 0 bridgehead atoms. The Labute approximate surface area is 30.7 Å². The second-order valence-corrected chi connectivity index (χ2v) is 1.66. The van der Waals surface area contributed by atoms with Crippen molar-refractivity contribution in [3.05, 3.63) is 0 Å². The molecule has 0 atom stereocenters. The summed E-state index contributed by atoms with van der Waals surface area (Å²) in [6.07, 6.45) is 0. The van der Waals surface area contributed by atoms with E-state index in [9.17, 15) is 8.60 Å². The van der Waals surface area contributed by atoms with Gasteiger partial charge in [0, 0.05) is 0 Å². The molecule has 0 aliphatic heterocycles. The topological polar surface area (TPSA) is 0 Å². The zero-order chi connectivity index (χ0) is 3.58. The summed E-state index contributed by atoms with van der Waals surface area (Å²) in [4.78, 5) is 0. The van der Waals surface area contributed by atoms with Crippen LogP contribution < -0.4 is 0 Å². The molecule has 0 unspecified atom stereocenters. The van der Waals surface area contributed by atoms with Crippen LogP contribution in [0.2, 0.25) is 0 Å². The van der Waals surface area contributed by atoms with Gasteiger partial charge in [-0.15, -0.1) is 0 Å². The van der Waals surface area contributed by atoms with E-state index >= 15 is 0 Å². The van der Waals surface area contributed by atoms with E-state index in [1.54, 1.807) is 0 Å². The molecule has 0 amide bonds. The summed E-state index contributed by atoms with van der Waals surface area (Å²) >= 11 is -5.14. The fraction of sp³-hybridized carbons (Fsp3) is 0. The average Bonchev–Trinajstić information content (AvgIpc) is 0.811. The number of hydrogen-bond donors (Lipinski definition) is 0. The normalized spacial score (nSPS) is 9.00. The van der Waals surface area contributed by atoms with E-state index in [2.05, 4.69) is 0 Å². The maximum absolute atomic E-state index is 9.88. The Kier molecular flexibility index (Phi) is 2.14. The van der Waals surface area contributed by atoms with E-state index < -0.39 is 21.5 Å². The molecule has 0 aromatic rings. The van der Waals surface area contributed by atoms with Crippen LogP contribution in [0, 0.1) is 0 Å². The van der Waals surface area contributed by atoms with E-state index in [4.69, 9.17) is 0 Å². The van der Waals surface area contributed by atoms with Crippen LogP contribution in [0.25, 0.3) is 0 Å². The minimum absolute atomic E-state index is 5.14. The van der Waals surface area contributed by atoms with Crippen molar-refractivity contribution in [2.45, 2.75) is 0 Å². The molecule has 0 fully saturated rings. The van der Waals surface area contributed by atoms with E-state index in [1.807, 2.05) is 0 Å². The summed E-state index contributed by atoms with van der Waals surface area (Å²) in [6.45, 7) is 0. The molecule has 0 saturated heterocycles.